The minimum absolute atomic E-state index is 0.472. The average molecular weight is 125 g/mol. The summed E-state index contributed by atoms with van der Waals surface area (Å²) in [5.41, 5.74) is 0. The molecular weight excluding hydrogens is 118 g/mol. The Kier molecular flexibility index (Phi) is 0.715. The van der Waals surface area contributed by atoms with Gasteiger partial charge in [-0.3, -0.25) is 0 Å². The average Bonchev–Trinajstić information content (AvgIpc) is 1.50. The SMILES string of the molecule is N#CSC12CC(C1)C2. The molecule has 1 nitrogen and oxygen atoms in total. The first-order valence-corrected chi connectivity index (χ1v) is 3.73. The molecule has 0 heterocycles. The number of hydrogen-bond donors (Lipinski definition) is 0. The molecule has 0 radical (unpaired) electrons. The van der Waals surface area contributed by atoms with Gasteiger partial charge in [0.05, 0.1) is 0 Å². The molecule has 0 spiro atoms. The van der Waals surface area contributed by atoms with Gasteiger partial charge in [-0.1, -0.05) is 0 Å². The van der Waals surface area contributed by atoms with E-state index in [4.69, 9.17) is 5.26 Å². The summed E-state index contributed by atoms with van der Waals surface area (Å²) < 4.78 is 0.472. The van der Waals surface area contributed by atoms with E-state index in [1.807, 2.05) is 0 Å². The van der Waals surface area contributed by atoms with Gasteiger partial charge in [0.25, 0.3) is 0 Å². The lowest BCUT2D eigenvalue weighted by Gasteiger charge is -2.59. The molecule has 2 heteroatoms. The predicted octanol–water partition coefficient (Wildman–Crippen LogP) is 1.75. The number of nitriles is 1. The third-order valence-corrected chi connectivity index (χ3v) is 3.27. The van der Waals surface area contributed by atoms with Crippen LogP contribution in [-0.4, -0.2) is 4.75 Å². The zero-order valence-electron chi connectivity index (χ0n) is 4.55. The summed E-state index contributed by atoms with van der Waals surface area (Å²) in [4.78, 5) is 0. The highest BCUT2D eigenvalue weighted by Gasteiger charge is 2.57. The van der Waals surface area contributed by atoms with E-state index in [2.05, 4.69) is 5.40 Å². The number of thiocyanates is 1. The zero-order valence-corrected chi connectivity index (χ0v) is 5.37. The second-order valence-electron chi connectivity index (χ2n) is 2.85. The first-order chi connectivity index (χ1) is 3.85. The van der Waals surface area contributed by atoms with E-state index in [1.54, 1.807) is 0 Å². The van der Waals surface area contributed by atoms with Crippen molar-refractivity contribution in [3.63, 3.8) is 0 Å². The van der Waals surface area contributed by atoms with E-state index < -0.39 is 0 Å². The van der Waals surface area contributed by atoms with Gasteiger partial charge in [-0.05, 0) is 36.9 Å². The molecule has 3 rings (SSSR count). The summed E-state index contributed by atoms with van der Waals surface area (Å²) >= 11 is 1.49. The fourth-order valence-electron chi connectivity index (χ4n) is 1.62. The number of hydrogen-bond acceptors (Lipinski definition) is 2. The summed E-state index contributed by atoms with van der Waals surface area (Å²) in [6.45, 7) is 0. The highest BCUT2D eigenvalue weighted by atomic mass is 32.2. The lowest BCUT2D eigenvalue weighted by Crippen LogP contribution is -2.55. The maximum atomic E-state index is 8.30. The van der Waals surface area contributed by atoms with Crippen LogP contribution in [0.4, 0.5) is 0 Å². The van der Waals surface area contributed by atoms with Gasteiger partial charge in [0.15, 0.2) is 0 Å². The molecule has 3 aliphatic carbocycles. The van der Waals surface area contributed by atoms with Crippen molar-refractivity contribution in [3.05, 3.63) is 0 Å². The van der Waals surface area contributed by atoms with E-state index in [0.29, 0.717) is 4.75 Å². The summed E-state index contributed by atoms with van der Waals surface area (Å²) in [6, 6.07) is 0. The maximum absolute atomic E-state index is 8.30. The van der Waals surface area contributed by atoms with Gasteiger partial charge in [-0.15, -0.1) is 0 Å². The molecule has 0 unspecified atom stereocenters. The second kappa shape index (κ2) is 1.22. The summed E-state index contributed by atoms with van der Waals surface area (Å²) in [7, 11) is 0. The van der Waals surface area contributed by atoms with Crippen molar-refractivity contribution in [2.24, 2.45) is 5.92 Å². The normalized spacial score (nSPS) is 48.6. The van der Waals surface area contributed by atoms with Crippen molar-refractivity contribution < 1.29 is 0 Å². The molecule has 8 heavy (non-hydrogen) atoms. The molecule has 0 aromatic heterocycles. The molecule has 0 aromatic rings. The van der Waals surface area contributed by atoms with Crippen LogP contribution in [0.25, 0.3) is 0 Å². The molecule has 0 aliphatic heterocycles. The largest absolute Gasteiger partial charge is 0.185 e. The monoisotopic (exact) mass is 125 g/mol. The smallest absolute Gasteiger partial charge is 0.133 e. The fraction of sp³-hybridized carbons (Fsp3) is 0.833. The van der Waals surface area contributed by atoms with Crippen LogP contribution in [0.15, 0.2) is 0 Å². The van der Waals surface area contributed by atoms with Crippen LogP contribution in [0.2, 0.25) is 0 Å². The minimum atomic E-state index is 0.472. The van der Waals surface area contributed by atoms with Gasteiger partial charge in [0.1, 0.15) is 5.40 Å². The van der Waals surface area contributed by atoms with Crippen molar-refractivity contribution in [1.29, 1.82) is 5.26 Å². The van der Waals surface area contributed by atoms with E-state index in [9.17, 15) is 0 Å². The van der Waals surface area contributed by atoms with Gasteiger partial charge >= 0.3 is 0 Å². The van der Waals surface area contributed by atoms with E-state index in [0.717, 1.165) is 5.92 Å². The van der Waals surface area contributed by atoms with Gasteiger partial charge in [-0.25, -0.2) is 0 Å². The highest BCUT2D eigenvalue weighted by molar-refractivity contribution is 8.05. The third kappa shape index (κ3) is 0.385. The van der Waals surface area contributed by atoms with Crippen molar-refractivity contribution in [3.8, 4) is 5.40 Å². The Labute approximate surface area is 53.1 Å². The Bertz CT molecular complexity index is 141. The van der Waals surface area contributed by atoms with Crippen molar-refractivity contribution >= 4 is 11.8 Å². The molecule has 42 valence electrons. The van der Waals surface area contributed by atoms with Crippen LogP contribution in [0.1, 0.15) is 19.3 Å². The summed E-state index contributed by atoms with van der Waals surface area (Å²) in [6.07, 6.45) is 3.97. The number of rotatable bonds is 1. The van der Waals surface area contributed by atoms with Crippen LogP contribution < -0.4 is 0 Å². The van der Waals surface area contributed by atoms with Crippen LogP contribution >= 0.6 is 11.8 Å². The second-order valence-corrected chi connectivity index (χ2v) is 4.11. The van der Waals surface area contributed by atoms with Crippen LogP contribution in [0.5, 0.6) is 0 Å². The van der Waals surface area contributed by atoms with Crippen LogP contribution in [0.3, 0.4) is 0 Å². The summed E-state index contributed by atoms with van der Waals surface area (Å²) in [5.74, 6) is 1.01. The molecule has 0 N–H and O–H groups in total. The fourth-order valence-corrected chi connectivity index (χ4v) is 2.77. The van der Waals surface area contributed by atoms with Gasteiger partial charge in [0, 0.05) is 4.75 Å². The predicted molar refractivity (Wildman–Crippen MR) is 33.3 cm³/mol. The van der Waals surface area contributed by atoms with E-state index in [-0.39, 0.29) is 0 Å². The Morgan fingerprint density at radius 2 is 2.12 bits per heavy atom. The topological polar surface area (TPSA) is 23.8 Å². The molecule has 0 atom stereocenters. The Balaban J connectivity index is 1.98. The zero-order chi connectivity index (χ0) is 5.61. The Hall–Kier alpha value is -0.160. The quantitative estimate of drug-likeness (QED) is 0.498. The molecule has 3 aliphatic rings. The molecule has 0 saturated heterocycles. The minimum Gasteiger partial charge on any atom is -0.185 e. The first-order valence-electron chi connectivity index (χ1n) is 2.92. The molecule has 0 amide bonds. The van der Waals surface area contributed by atoms with Crippen molar-refractivity contribution in [1.82, 2.24) is 0 Å². The summed E-state index contributed by atoms with van der Waals surface area (Å²) in [5, 5.41) is 10.5. The maximum Gasteiger partial charge on any atom is 0.133 e. The van der Waals surface area contributed by atoms with Crippen LogP contribution in [0, 0.1) is 16.6 Å². The van der Waals surface area contributed by atoms with Gasteiger partial charge < -0.3 is 0 Å². The molecule has 0 aromatic carbocycles. The standard InChI is InChI=1S/C6H7NS/c7-4-8-6-1-5(2-6)3-6/h5H,1-3H2. The highest BCUT2D eigenvalue weighted by Crippen LogP contribution is 2.64. The van der Waals surface area contributed by atoms with E-state index >= 15 is 0 Å². The van der Waals surface area contributed by atoms with Gasteiger partial charge in [0.2, 0.25) is 0 Å². The number of thioether (sulfide) groups is 1. The molecule has 3 fully saturated rings. The van der Waals surface area contributed by atoms with Crippen molar-refractivity contribution in [2.75, 3.05) is 0 Å². The molecule has 2 bridgehead atoms. The lowest BCUT2D eigenvalue weighted by molar-refractivity contribution is 0.0588. The third-order valence-electron chi connectivity index (χ3n) is 2.24. The van der Waals surface area contributed by atoms with E-state index in [1.165, 1.54) is 31.0 Å². The Morgan fingerprint density at radius 3 is 2.25 bits per heavy atom. The molecule has 3 saturated carbocycles. The number of nitrogens with zero attached hydrogens (tertiary/aromatic N) is 1. The Morgan fingerprint density at radius 1 is 1.50 bits per heavy atom. The lowest BCUT2D eigenvalue weighted by atomic mass is 9.55. The van der Waals surface area contributed by atoms with Crippen LogP contribution in [-0.2, 0) is 0 Å². The van der Waals surface area contributed by atoms with Gasteiger partial charge in [-0.2, -0.15) is 5.26 Å². The van der Waals surface area contributed by atoms with Crippen molar-refractivity contribution in [2.45, 2.75) is 24.0 Å². The first kappa shape index (κ1) is 4.69. The molecular formula is C6H7NS.